The molecule has 1 saturated carbocycles. The fourth-order valence-corrected chi connectivity index (χ4v) is 3.37. The number of hydrogen-bond acceptors (Lipinski definition) is 5. The second-order valence-electron chi connectivity index (χ2n) is 7.30. The van der Waals surface area contributed by atoms with Crippen LogP contribution < -0.4 is 16.1 Å². The molecule has 1 amide bonds. The summed E-state index contributed by atoms with van der Waals surface area (Å²) in [4.78, 5) is 11.3. The van der Waals surface area contributed by atoms with Crippen molar-refractivity contribution in [1.82, 2.24) is 16.1 Å². The zero-order valence-corrected chi connectivity index (χ0v) is 16.4. The highest BCUT2D eigenvalue weighted by molar-refractivity contribution is 5.93. The molecule has 6 heteroatoms. The second kappa shape index (κ2) is 10.5. The Bertz CT molecular complexity index is 834. The first-order chi connectivity index (χ1) is 14.2. The van der Waals surface area contributed by atoms with Gasteiger partial charge in [-0.2, -0.15) is 0 Å². The molecule has 0 aromatic heterocycles. The van der Waals surface area contributed by atoms with E-state index in [1.807, 2.05) is 24.4 Å². The Morgan fingerprint density at radius 1 is 1.14 bits per heavy atom. The van der Waals surface area contributed by atoms with Gasteiger partial charge in [-0.25, -0.2) is 5.48 Å². The Labute approximate surface area is 171 Å². The fourth-order valence-electron chi connectivity index (χ4n) is 3.37. The van der Waals surface area contributed by atoms with Gasteiger partial charge in [0.2, 0.25) is 0 Å². The van der Waals surface area contributed by atoms with Crippen molar-refractivity contribution in [3.05, 3.63) is 83.1 Å². The van der Waals surface area contributed by atoms with Gasteiger partial charge in [0.05, 0.1) is 0 Å². The third-order valence-corrected chi connectivity index (χ3v) is 5.16. The van der Waals surface area contributed by atoms with Crippen LogP contribution in [0.4, 0.5) is 0 Å². The molecular weight excluding hydrogens is 364 g/mol. The molecule has 0 aliphatic heterocycles. The minimum atomic E-state index is -0.502. The first kappa shape index (κ1) is 20.8. The number of aryl methyl sites for hydroxylation is 1. The van der Waals surface area contributed by atoms with E-state index in [4.69, 9.17) is 10.6 Å². The van der Waals surface area contributed by atoms with Crippen molar-refractivity contribution >= 4 is 12.1 Å². The molecule has 6 nitrogen and oxygen atoms in total. The molecule has 0 bridgehead atoms. The maximum absolute atomic E-state index is 11.3. The topological polar surface area (TPSA) is 97.2 Å². The lowest BCUT2D eigenvalue weighted by atomic mass is 10.1. The SMILES string of the molecule is N=C/C(=C\NCCCc1ccc(C(=O)NO)cc1)CNC1CC1c1ccccc1. The number of benzene rings is 2. The van der Waals surface area contributed by atoms with Gasteiger partial charge in [0.1, 0.15) is 0 Å². The van der Waals surface area contributed by atoms with E-state index in [1.165, 1.54) is 11.8 Å². The van der Waals surface area contributed by atoms with Crippen molar-refractivity contribution in [1.29, 1.82) is 5.41 Å². The Morgan fingerprint density at radius 3 is 2.59 bits per heavy atom. The Morgan fingerprint density at radius 2 is 1.90 bits per heavy atom. The molecule has 3 rings (SSSR count). The van der Waals surface area contributed by atoms with Crippen LogP contribution in [0.3, 0.4) is 0 Å². The molecule has 1 aliphatic rings. The minimum Gasteiger partial charge on any atom is -0.391 e. The van der Waals surface area contributed by atoms with E-state index in [0.717, 1.165) is 36.9 Å². The zero-order chi connectivity index (χ0) is 20.5. The molecule has 1 fully saturated rings. The van der Waals surface area contributed by atoms with Gasteiger partial charge in [0.15, 0.2) is 0 Å². The van der Waals surface area contributed by atoms with E-state index in [-0.39, 0.29) is 0 Å². The third-order valence-electron chi connectivity index (χ3n) is 5.16. The molecule has 2 atom stereocenters. The van der Waals surface area contributed by atoms with Gasteiger partial charge in [-0.3, -0.25) is 10.0 Å². The lowest BCUT2D eigenvalue weighted by Gasteiger charge is -2.07. The van der Waals surface area contributed by atoms with E-state index >= 15 is 0 Å². The first-order valence-electron chi connectivity index (χ1n) is 9.96. The van der Waals surface area contributed by atoms with Crippen molar-refractivity contribution in [3.63, 3.8) is 0 Å². The van der Waals surface area contributed by atoms with E-state index in [1.54, 1.807) is 17.6 Å². The predicted molar refractivity (Wildman–Crippen MR) is 114 cm³/mol. The highest BCUT2D eigenvalue weighted by atomic mass is 16.5. The summed E-state index contributed by atoms with van der Waals surface area (Å²) >= 11 is 0. The van der Waals surface area contributed by atoms with Crippen LogP contribution in [-0.2, 0) is 6.42 Å². The highest BCUT2D eigenvalue weighted by Gasteiger charge is 2.37. The smallest absolute Gasteiger partial charge is 0.274 e. The van der Waals surface area contributed by atoms with Crippen LogP contribution in [-0.4, -0.2) is 36.5 Å². The second-order valence-corrected chi connectivity index (χ2v) is 7.30. The number of carbonyl (C=O) groups excluding carboxylic acids is 1. The molecular formula is C23H28N4O2. The van der Waals surface area contributed by atoms with Crippen molar-refractivity contribution in [2.45, 2.75) is 31.2 Å². The van der Waals surface area contributed by atoms with Crippen molar-refractivity contribution < 1.29 is 10.0 Å². The van der Waals surface area contributed by atoms with Crippen LogP contribution in [0.1, 0.15) is 40.2 Å². The standard InChI is InChI=1S/C23H28N4O2/c24-14-18(16-26-22-13-21(22)19-6-2-1-3-7-19)15-25-12-4-5-17-8-10-20(11-9-17)23(28)27-29/h1-3,6-11,14-15,21-22,24-26,29H,4-5,12-13,16H2,(H,27,28)/b18-15+,24-14?. The molecule has 0 spiro atoms. The fraction of sp³-hybridized carbons (Fsp3) is 0.304. The summed E-state index contributed by atoms with van der Waals surface area (Å²) in [6, 6.07) is 18.2. The average Bonchev–Trinajstić information content (AvgIpc) is 3.56. The van der Waals surface area contributed by atoms with Gasteiger partial charge >= 0.3 is 0 Å². The molecule has 1 aliphatic carbocycles. The summed E-state index contributed by atoms with van der Waals surface area (Å²) in [5, 5.41) is 23.0. The number of carbonyl (C=O) groups is 1. The Hall–Kier alpha value is -2.96. The van der Waals surface area contributed by atoms with Gasteiger partial charge < -0.3 is 16.0 Å². The van der Waals surface area contributed by atoms with Crippen LogP contribution in [0.2, 0.25) is 0 Å². The summed E-state index contributed by atoms with van der Waals surface area (Å²) in [7, 11) is 0. The summed E-state index contributed by atoms with van der Waals surface area (Å²) in [5.41, 5.74) is 5.52. The van der Waals surface area contributed by atoms with E-state index < -0.39 is 5.91 Å². The van der Waals surface area contributed by atoms with Crippen molar-refractivity contribution in [2.24, 2.45) is 0 Å². The van der Waals surface area contributed by atoms with Gasteiger partial charge in [0.25, 0.3) is 5.91 Å². The zero-order valence-electron chi connectivity index (χ0n) is 16.4. The van der Waals surface area contributed by atoms with Crippen LogP contribution in [0.5, 0.6) is 0 Å². The maximum Gasteiger partial charge on any atom is 0.274 e. The number of rotatable bonds is 11. The molecule has 0 heterocycles. The van der Waals surface area contributed by atoms with Crippen molar-refractivity contribution in [2.75, 3.05) is 13.1 Å². The van der Waals surface area contributed by atoms with Crippen LogP contribution in [0.15, 0.2) is 66.4 Å². The Kier molecular flexibility index (Phi) is 7.55. The number of hydrogen-bond donors (Lipinski definition) is 5. The monoisotopic (exact) mass is 392 g/mol. The van der Waals surface area contributed by atoms with Gasteiger partial charge in [-0.05, 0) is 48.1 Å². The van der Waals surface area contributed by atoms with E-state index in [2.05, 4.69) is 34.9 Å². The lowest BCUT2D eigenvalue weighted by molar-refractivity contribution is 0.0706. The summed E-state index contributed by atoms with van der Waals surface area (Å²) < 4.78 is 0. The largest absolute Gasteiger partial charge is 0.391 e. The summed E-state index contributed by atoms with van der Waals surface area (Å²) in [6.45, 7) is 1.51. The van der Waals surface area contributed by atoms with Gasteiger partial charge in [0, 0.05) is 43.0 Å². The lowest BCUT2D eigenvalue weighted by Crippen LogP contribution is -2.22. The number of amides is 1. The predicted octanol–water partition coefficient (Wildman–Crippen LogP) is 3.01. The Balaban J connectivity index is 1.34. The first-order valence-corrected chi connectivity index (χ1v) is 9.96. The molecule has 2 aromatic carbocycles. The van der Waals surface area contributed by atoms with Gasteiger partial charge in [-0.1, -0.05) is 42.5 Å². The van der Waals surface area contributed by atoms with Crippen LogP contribution >= 0.6 is 0 Å². The molecule has 2 unspecified atom stereocenters. The van der Waals surface area contributed by atoms with Gasteiger partial charge in [-0.15, -0.1) is 0 Å². The molecule has 5 N–H and O–H groups in total. The normalized spacial score (nSPS) is 18.2. The molecule has 29 heavy (non-hydrogen) atoms. The van der Waals surface area contributed by atoms with Crippen molar-refractivity contribution in [3.8, 4) is 0 Å². The van der Waals surface area contributed by atoms with E-state index in [9.17, 15) is 4.79 Å². The maximum atomic E-state index is 11.3. The third kappa shape index (κ3) is 6.27. The molecule has 2 aromatic rings. The minimum absolute atomic E-state index is 0.436. The average molecular weight is 393 g/mol. The molecule has 0 saturated heterocycles. The van der Waals surface area contributed by atoms with Crippen LogP contribution in [0, 0.1) is 5.41 Å². The van der Waals surface area contributed by atoms with E-state index in [0.29, 0.717) is 24.1 Å². The summed E-state index contributed by atoms with van der Waals surface area (Å²) in [6.07, 6.45) is 6.29. The molecule has 0 radical (unpaired) electrons. The van der Waals surface area contributed by atoms with Crippen LogP contribution in [0.25, 0.3) is 0 Å². The quantitative estimate of drug-likeness (QED) is 0.176. The number of hydroxylamine groups is 1. The highest BCUT2D eigenvalue weighted by Crippen LogP contribution is 2.40. The summed E-state index contributed by atoms with van der Waals surface area (Å²) in [5.74, 6) is 0.0865. The molecule has 152 valence electrons. The number of nitrogens with one attached hydrogen (secondary N) is 4.